The molecule has 0 bridgehead atoms. The molecule has 4 N–H and O–H groups in total. The zero-order valence-corrected chi connectivity index (χ0v) is 10.8. The average Bonchev–Trinajstić information content (AvgIpc) is 2.75. The average molecular weight is 279 g/mol. The third-order valence-corrected chi connectivity index (χ3v) is 4.08. The number of anilines is 2. The SMILES string of the molecule is NNc1nc(NC2CCSC2)c(Cl)cc1Cl. The van der Waals surface area contributed by atoms with Crippen LogP contribution in [-0.4, -0.2) is 22.5 Å². The molecule has 1 atom stereocenters. The highest BCUT2D eigenvalue weighted by atomic mass is 35.5. The van der Waals surface area contributed by atoms with Crippen molar-refractivity contribution < 1.29 is 0 Å². The van der Waals surface area contributed by atoms with Crippen molar-refractivity contribution in [2.75, 3.05) is 22.2 Å². The minimum Gasteiger partial charge on any atom is -0.365 e. The quantitative estimate of drug-likeness (QED) is 0.586. The van der Waals surface area contributed by atoms with Gasteiger partial charge in [0, 0.05) is 11.8 Å². The lowest BCUT2D eigenvalue weighted by molar-refractivity contribution is 0.807. The molecule has 0 amide bonds. The van der Waals surface area contributed by atoms with Gasteiger partial charge in [0.25, 0.3) is 0 Å². The molecule has 16 heavy (non-hydrogen) atoms. The minimum atomic E-state index is 0.416. The zero-order valence-electron chi connectivity index (χ0n) is 8.46. The fourth-order valence-corrected chi connectivity index (χ4v) is 3.13. The lowest BCUT2D eigenvalue weighted by Gasteiger charge is -2.14. The lowest BCUT2D eigenvalue weighted by atomic mass is 10.2. The summed E-state index contributed by atoms with van der Waals surface area (Å²) in [6, 6.07) is 2.05. The number of nitrogens with two attached hydrogens (primary N) is 1. The van der Waals surface area contributed by atoms with Crippen molar-refractivity contribution in [1.82, 2.24) is 4.98 Å². The van der Waals surface area contributed by atoms with Gasteiger partial charge in [-0.2, -0.15) is 11.8 Å². The van der Waals surface area contributed by atoms with Crippen LogP contribution in [0.2, 0.25) is 10.0 Å². The largest absolute Gasteiger partial charge is 0.365 e. The summed E-state index contributed by atoms with van der Waals surface area (Å²) in [6.07, 6.45) is 1.12. The Morgan fingerprint density at radius 1 is 1.38 bits per heavy atom. The molecule has 1 aliphatic rings. The maximum atomic E-state index is 6.05. The first kappa shape index (κ1) is 12.1. The summed E-state index contributed by atoms with van der Waals surface area (Å²) < 4.78 is 0. The molecule has 0 spiro atoms. The van der Waals surface area contributed by atoms with Crippen LogP contribution in [0.15, 0.2) is 6.07 Å². The molecule has 0 saturated carbocycles. The normalized spacial score (nSPS) is 19.8. The van der Waals surface area contributed by atoms with Crippen molar-refractivity contribution in [3.05, 3.63) is 16.1 Å². The molecule has 88 valence electrons. The van der Waals surface area contributed by atoms with Crippen molar-refractivity contribution in [1.29, 1.82) is 0 Å². The van der Waals surface area contributed by atoms with Gasteiger partial charge < -0.3 is 10.7 Å². The fraction of sp³-hybridized carbons (Fsp3) is 0.444. The highest BCUT2D eigenvalue weighted by Crippen LogP contribution is 2.30. The fourth-order valence-electron chi connectivity index (χ4n) is 1.51. The highest BCUT2D eigenvalue weighted by molar-refractivity contribution is 7.99. The van der Waals surface area contributed by atoms with Gasteiger partial charge in [-0.15, -0.1) is 0 Å². The van der Waals surface area contributed by atoms with Gasteiger partial charge in [-0.1, -0.05) is 23.2 Å². The number of hydrogen-bond donors (Lipinski definition) is 3. The van der Waals surface area contributed by atoms with Crippen LogP contribution in [-0.2, 0) is 0 Å². The van der Waals surface area contributed by atoms with Gasteiger partial charge in [0.2, 0.25) is 0 Å². The molecule has 2 rings (SSSR count). The number of hydrogen-bond acceptors (Lipinski definition) is 5. The highest BCUT2D eigenvalue weighted by Gasteiger charge is 2.17. The molecule has 0 aliphatic carbocycles. The molecule has 2 heterocycles. The predicted molar refractivity (Wildman–Crippen MR) is 71.4 cm³/mol. The van der Waals surface area contributed by atoms with Crippen LogP contribution < -0.4 is 16.6 Å². The van der Waals surface area contributed by atoms with E-state index in [2.05, 4.69) is 15.7 Å². The Kier molecular flexibility index (Phi) is 4.02. The van der Waals surface area contributed by atoms with Gasteiger partial charge in [0.05, 0.1) is 10.0 Å². The van der Waals surface area contributed by atoms with E-state index >= 15 is 0 Å². The van der Waals surface area contributed by atoms with Crippen LogP contribution in [0.3, 0.4) is 0 Å². The number of thioether (sulfide) groups is 1. The summed E-state index contributed by atoms with van der Waals surface area (Å²) >= 11 is 13.9. The van der Waals surface area contributed by atoms with E-state index in [9.17, 15) is 0 Å². The Morgan fingerprint density at radius 2 is 2.12 bits per heavy atom. The van der Waals surface area contributed by atoms with E-state index in [1.165, 1.54) is 5.75 Å². The zero-order chi connectivity index (χ0) is 11.5. The molecule has 4 nitrogen and oxygen atoms in total. The van der Waals surface area contributed by atoms with Gasteiger partial charge in [-0.25, -0.2) is 10.8 Å². The van der Waals surface area contributed by atoms with Crippen LogP contribution in [0, 0.1) is 0 Å². The molecule has 1 aromatic heterocycles. The number of nitrogen functional groups attached to an aromatic ring is 1. The van der Waals surface area contributed by atoms with E-state index in [-0.39, 0.29) is 0 Å². The van der Waals surface area contributed by atoms with Crippen molar-refractivity contribution in [2.24, 2.45) is 5.84 Å². The van der Waals surface area contributed by atoms with Crippen LogP contribution in [0.4, 0.5) is 11.6 Å². The van der Waals surface area contributed by atoms with Crippen LogP contribution in [0.5, 0.6) is 0 Å². The summed E-state index contributed by atoms with van der Waals surface area (Å²) in [5.74, 6) is 8.61. The molecule has 1 unspecified atom stereocenters. The summed E-state index contributed by atoms with van der Waals surface area (Å²) in [4.78, 5) is 4.23. The van der Waals surface area contributed by atoms with E-state index in [4.69, 9.17) is 29.0 Å². The Hall–Kier alpha value is -0.360. The van der Waals surface area contributed by atoms with Crippen LogP contribution >= 0.6 is 35.0 Å². The van der Waals surface area contributed by atoms with Gasteiger partial charge in [0.15, 0.2) is 5.82 Å². The lowest BCUT2D eigenvalue weighted by Crippen LogP contribution is -2.20. The van der Waals surface area contributed by atoms with Crippen molar-refractivity contribution in [2.45, 2.75) is 12.5 Å². The molecule has 1 saturated heterocycles. The number of hydrazine groups is 1. The first-order valence-electron chi connectivity index (χ1n) is 4.87. The molecule has 0 aromatic carbocycles. The van der Waals surface area contributed by atoms with Gasteiger partial charge in [-0.3, -0.25) is 0 Å². The molecule has 7 heteroatoms. The smallest absolute Gasteiger partial charge is 0.161 e. The van der Waals surface area contributed by atoms with Crippen molar-refractivity contribution >= 4 is 46.6 Å². The Morgan fingerprint density at radius 3 is 2.75 bits per heavy atom. The summed E-state index contributed by atoms with van der Waals surface area (Å²) in [5, 5.41) is 4.22. The van der Waals surface area contributed by atoms with Crippen LogP contribution in [0.1, 0.15) is 6.42 Å². The second kappa shape index (κ2) is 5.31. The predicted octanol–water partition coefficient (Wildman–Crippen LogP) is 2.59. The maximum Gasteiger partial charge on any atom is 0.161 e. The summed E-state index contributed by atoms with van der Waals surface area (Å²) in [6.45, 7) is 0. The van der Waals surface area contributed by atoms with E-state index in [0.717, 1.165) is 12.2 Å². The molecule has 1 aromatic rings. The summed E-state index contributed by atoms with van der Waals surface area (Å²) in [5.41, 5.74) is 2.44. The number of pyridine rings is 1. The van der Waals surface area contributed by atoms with E-state index in [1.54, 1.807) is 6.07 Å². The topological polar surface area (TPSA) is 63.0 Å². The van der Waals surface area contributed by atoms with E-state index < -0.39 is 0 Å². The molecule has 1 aliphatic heterocycles. The first-order valence-corrected chi connectivity index (χ1v) is 6.78. The van der Waals surface area contributed by atoms with E-state index in [0.29, 0.717) is 27.7 Å². The third-order valence-electron chi connectivity index (χ3n) is 2.34. The maximum absolute atomic E-state index is 6.05. The molecular weight excluding hydrogens is 267 g/mol. The van der Waals surface area contributed by atoms with Crippen molar-refractivity contribution in [3.63, 3.8) is 0 Å². The molecule has 1 fully saturated rings. The van der Waals surface area contributed by atoms with Gasteiger partial charge in [0.1, 0.15) is 5.82 Å². The Labute approximate surface area is 108 Å². The Balaban J connectivity index is 2.18. The first-order chi connectivity index (χ1) is 7.70. The number of nitrogens with one attached hydrogen (secondary N) is 2. The monoisotopic (exact) mass is 278 g/mol. The molecular formula is C9H12Cl2N4S. The van der Waals surface area contributed by atoms with Gasteiger partial charge in [-0.05, 0) is 18.2 Å². The minimum absolute atomic E-state index is 0.416. The second-order valence-corrected chi connectivity index (χ2v) is 5.46. The number of halogens is 2. The standard InChI is InChI=1S/C9H12Cl2N4S/c10-6-3-7(11)9(15-12)14-8(6)13-5-1-2-16-4-5/h3,5H,1-2,4,12H2,(H2,13,14,15). The second-order valence-electron chi connectivity index (χ2n) is 3.50. The summed E-state index contributed by atoms with van der Waals surface area (Å²) in [7, 11) is 0. The Bertz CT molecular complexity index is 382. The van der Waals surface area contributed by atoms with Gasteiger partial charge >= 0.3 is 0 Å². The van der Waals surface area contributed by atoms with Crippen LogP contribution in [0.25, 0.3) is 0 Å². The molecule has 0 radical (unpaired) electrons. The third kappa shape index (κ3) is 2.66. The van der Waals surface area contributed by atoms with E-state index in [1.807, 2.05) is 11.8 Å². The number of nitrogens with zero attached hydrogens (tertiary/aromatic N) is 1. The van der Waals surface area contributed by atoms with Crippen molar-refractivity contribution in [3.8, 4) is 0 Å². The number of aromatic nitrogens is 1. The number of rotatable bonds is 3.